The van der Waals surface area contributed by atoms with Crippen LogP contribution in [0.25, 0.3) is 0 Å². The van der Waals surface area contributed by atoms with Crippen molar-refractivity contribution < 1.29 is 9.53 Å². The van der Waals surface area contributed by atoms with Crippen LogP contribution < -0.4 is 5.32 Å². The molecule has 0 aromatic carbocycles. The Morgan fingerprint density at radius 3 is 2.79 bits per heavy atom. The molecule has 0 aromatic heterocycles. The molecule has 78 valence electrons. The van der Waals surface area contributed by atoms with Gasteiger partial charge in [0.05, 0.1) is 18.6 Å². The molecule has 14 heavy (non-hydrogen) atoms. The number of nitrogens with zero attached hydrogens (tertiary/aromatic N) is 1. The highest BCUT2D eigenvalue weighted by molar-refractivity contribution is 5.73. The van der Waals surface area contributed by atoms with Crippen molar-refractivity contribution in [2.75, 3.05) is 6.61 Å². The lowest BCUT2D eigenvalue weighted by Gasteiger charge is -2.21. The Kier molecular flexibility index (Phi) is 6.42. The second kappa shape index (κ2) is 7.10. The molecule has 2 atom stereocenters. The minimum atomic E-state index is -0.541. The number of nitrogens with one attached hydrogen (secondary N) is 1. The number of ether oxygens (including phenoxy) is 1. The van der Waals surface area contributed by atoms with Gasteiger partial charge in [-0.2, -0.15) is 5.26 Å². The Bertz CT molecular complexity index is 233. The van der Waals surface area contributed by atoms with Gasteiger partial charge in [-0.25, -0.2) is 0 Å². The van der Waals surface area contributed by atoms with Gasteiger partial charge in [-0.05, 0) is 6.42 Å². The van der Waals surface area contributed by atoms with E-state index in [0.717, 1.165) is 0 Å². The van der Waals surface area contributed by atoms with E-state index >= 15 is 0 Å². The predicted octanol–water partition coefficient (Wildman–Crippen LogP) is 1.20. The highest BCUT2D eigenvalue weighted by Crippen LogP contribution is 2.08. The molecule has 4 nitrogen and oxygen atoms in total. The van der Waals surface area contributed by atoms with Gasteiger partial charge in [0.1, 0.15) is 6.23 Å². The first kappa shape index (κ1) is 12.7. The van der Waals surface area contributed by atoms with E-state index in [-0.39, 0.29) is 11.8 Å². The van der Waals surface area contributed by atoms with E-state index in [1.54, 1.807) is 6.08 Å². The third-order valence-electron chi connectivity index (χ3n) is 1.71. The summed E-state index contributed by atoms with van der Waals surface area (Å²) in [7, 11) is 0. The summed E-state index contributed by atoms with van der Waals surface area (Å²) in [5.74, 6) is -0.522. The normalized spacial score (nSPS) is 13.8. The fourth-order valence-corrected chi connectivity index (χ4v) is 1.00. The molecule has 0 rings (SSSR count). The average Bonchev–Trinajstić information content (AvgIpc) is 2.15. The molecule has 1 N–H and O–H groups in total. The Morgan fingerprint density at radius 2 is 2.43 bits per heavy atom. The van der Waals surface area contributed by atoms with Crippen LogP contribution in [0.15, 0.2) is 12.7 Å². The average molecular weight is 196 g/mol. The smallest absolute Gasteiger partial charge is 0.218 e. The van der Waals surface area contributed by atoms with Gasteiger partial charge in [-0.1, -0.05) is 13.0 Å². The highest BCUT2D eigenvalue weighted by Gasteiger charge is 2.20. The summed E-state index contributed by atoms with van der Waals surface area (Å²) in [5.41, 5.74) is 0. The van der Waals surface area contributed by atoms with Crippen molar-refractivity contribution in [1.29, 1.82) is 5.26 Å². The van der Waals surface area contributed by atoms with Crippen LogP contribution in [-0.2, 0) is 9.53 Å². The summed E-state index contributed by atoms with van der Waals surface area (Å²) < 4.78 is 5.27. The first-order chi connectivity index (χ1) is 6.65. The maximum absolute atomic E-state index is 10.8. The molecule has 0 aliphatic carbocycles. The van der Waals surface area contributed by atoms with Gasteiger partial charge in [-0.15, -0.1) is 6.58 Å². The SMILES string of the molecule is C=CCO[C@@H](NC(C)=O)[C@H](C#N)CC. The largest absolute Gasteiger partial charge is 0.353 e. The monoisotopic (exact) mass is 196 g/mol. The van der Waals surface area contributed by atoms with Crippen molar-refractivity contribution in [2.24, 2.45) is 5.92 Å². The molecule has 0 spiro atoms. The van der Waals surface area contributed by atoms with E-state index in [1.165, 1.54) is 6.92 Å². The van der Waals surface area contributed by atoms with Gasteiger partial charge in [0.25, 0.3) is 0 Å². The van der Waals surface area contributed by atoms with Crippen molar-refractivity contribution in [3.63, 3.8) is 0 Å². The van der Waals surface area contributed by atoms with Gasteiger partial charge < -0.3 is 10.1 Å². The third-order valence-corrected chi connectivity index (χ3v) is 1.71. The molecule has 0 fully saturated rings. The molecule has 0 unspecified atom stereocenters. The Hall–Kier alpha value is -1.34. The van der Waals surface area contributed by atoms with Gasteiger partial charge in [0, 0.05) is 6.92 Å². The van der Waals surface area contributed by atoms with Crippen LogP contribution in [0.5, 0.6) is 0 Å². The van der Waals surface area contributed by atoms with E-state index < -0.39 is 6.23 Å². The molecular formula is C10H16N2O2. The number of amides is 1. The molecule has 0 aliphatic rings. The summed E-state index contributed by atoms with van der Waals surface area (Å²) in [6.45, 7) is 7.10. The second-order valence-electron chi connectivity index (χ2n) is 2.89. The first-order valence-electron chi connectivity index (χ1n) is 4.54. The quantitative estimate of drug-likeness (QED) is 0.513. The van der Waals surface area contributed by atoms with Crippen molar-refractivity contribution in [1.82, 2.24) is 5.32 Å². The molecule has 0 heterocycles. The summed E-state index contributed by atoms with van der Waals surface area (Å²) in [5, 5.41) is 11.4. The Morgan fingerprint density at radius 1 is 1.79 bits per heavy atom. The zero-order chi connectivity index (χ0) is 11.0. The number of rotatable bonds is 6. The number of hydrogen-bond acceptors (Lipinski definition) is 3. The van der Waals surface area contributed by atoms with Crippen LogP contribution >= 0.6 is 0 Å². The molecule has 0 aliphatic heterocycles. The van der Waals surface area contributed by atoms with E-state index in [0.29, 0.717) is 13.0 Å². The summed E-state index contributed by atoms with van der Waals surface area (Å²) in [6, 6.07) is 2.09. The number of nitriles is 1. The second-order valence-corrected chi connectivity index (χ2v) is 2.89. The van der Waals surface area contributed by atoms with E-state index in [2.05, 4.69) is 18.0 Å². The standard InChI is InChI=1S/C10H16N2O2/c1-4-6-14-10(12-8(3)13)9(5-2)7-11/h4,9-10H,1,5-6H2,2-3H3,(H,12,13)/t9-,10+/m0/s1. The molecule has 0 radical (unpaired) electrons. The lowest BCUT2D eigenvalue weighted by atomic mass is 10.1. The Labute approximate surface area is 84.6 Å². The minimum absolute atomic E-state index is 0.201. The van der Waals surface area contributed by atoms with Gasteiger partial charge in [-0.3, -0.25) is 4.79 Å². The molecular weight excluding hydrogens is 180 g/mol. The maximum Gasteiger partial charge on any atom is 0.218 e. The van der Waals surface area contributed by atoms with Gasteiger partial charge in [0.2, 0.25) is 5.91 Å². The molecule has 0 aromatic rings. The summed E-state index contributed by atoms with van der Waals surface area (Å²) in [4.78, 5) is 10.8. The first-order valence-corrected chi connectivity index (χ1v) is 4.54. The van der Waals surface area contributed by atoms with Crippen LogP contribution in [0.2, 0.25) is 0 Å². The topological polar surface area (TPSA) is 62.1 Å². The summed E-state index contributed by atoms with van der Waals surface area (Å²) in [6.07, 6.45) is 1.68. The fraction of sp³-hybridized carbons (Fsp3) is 0.600. The van der Waals surface area contributed by atoms with Gasteiger partial charge >= 0.3 is 0 Å². The predicted molar refractivity (Wildman–Crippen MR) is 53.1 cm³/mol. The van der Waals surface area contributed by atoms with E-state index in [9.17, 15) is 4.79 Å². The number of carbonyl (C=O) groups is 1. The van der Waals surface area contributed by atoms with E-state index in [1.807, 2.05) is 6.92 Å². The molecule has 0 saturated carbocycles. The van der Waals surface area contributed by atoms with Crippen LogP contribution in [-0.4, -0.2) is 18.7 Å². The number of carbonyl (C=O) groups excluding carboxylic acids is 1. The summed E-state index contributed by atoms with van der Waals surface area (Å²) >= 11 is 0. The third kappa shape index (κ3) is 4.63. The zero-order valence-electron chi connectivity index (χ0n) is 8.62. The van der Waals surface area contributed by atoms with Crippen LogP contribution in [0.4, 0.5) is 0 Å². The molecule has 0 bridgehead atoms. The fourth-order valence-electron chi connectivity index (χ4n) is 1.00. The van der Waals surface area contributed by atoms with Crippen LogP contribution in [0.1, 0.15) is 20.3 Å². The molecule has 1 amide bonds. The van der Waals surface area contributed by atoms with Crippen molar-refractivity contribution in [3.05, 3.63) is 12.7 Å². The zero-order valence-corrected chi connectivity index (χ0v) is 8.62. The molecule has 0 saturated heterocycles. The maximum atomic E-state index is 10.8. The van der Waals surface area contributed by atoms with Crippen LogP contribution in [0, 0.1) is 17.2 Å². The van der Waals surface area contributed by atoms with Gasteiger partial charge in [0.15, 0.2) is 0 Å². The van der Waals surface area contributed by atoms with Crippen molar-refractivity contribution in [2.45, 2.75) is 26.5 Å². The minimum Gasteiger partial charge on any atom is -0.353 e. The number of hydrogen-bond donors (Lipinski definition) is 1. The lowest BCUT2D eigenvalue weighted by Crippen LogP contribution is -2.40. The lowest BCUT2D eigenvalue weighted by molar-refractivity contribution is -0.124. The molecule has 4 heteroatoms. The highest BCUT2D eigenvalue weighted by atomic mass is 16.5. The van der Waals surface area contributed by atoms with Crippen LogP contribution in [0.3, 0.4) is 0 Å². The van der Waals surface area contributed by atoms with E-state index in [4.69, 9.17) is 10.00 Å². The van der Waals surface area contributed by atoms with Crippen molar-refractivity contribution >= 4 is 5.91 Å². The Balaban J connectivity index is 4.28. The van der Waals surface area contributed by atoms with Crippen molar-refractivity contribution in [3.8, 4) is 6.07 Å².